The lowest BCUT2D eigenvalue weighted by atomic mass is 10.0. The molecule has 2 N–H and O–H groups in total. The summed E-state index contributed by atoms with van der Waals surface area (Å²) >= 11 is 3.97. The van der Waals surface area contributed by atoms with Gasteiger partial charge in [-0.15, -0.1) is 11.8 Å². The zero-order valence-corrected chi connectivity index (χ0v) is 10.6. The topological polar surface area (TPSA) is 26.0 Å². The lowest BCUT2D eigenvalue weighted by Crippen LogP contribution is -2.18. The summed E-state index contributed by atoms with van der Waals surface area (Å²) < 4.78 is 0. The van der Waals surface area contributed by atoms with Crippen molar-refractivity contribution in [3.63, 3.8) is 0 Å². The molecule has 15 heavy (non-hydrogen) atoms. The highest BCUT2D eigenvalue weighted by molar-refractivity contribution is 8.00. The predicted molar refractivity (Wildman–Crippen MR) is 70.9 cm³/mol. The molecule has 0 spiro atoms. The number of thioether (sulfide) groups is 2. The monoisotopic (exact) mass is 239 g/mol. The Hall–Kier alpha value is -0.120. The van der Waals surface area contributed by atoms with Crippen LogP contribution in [0.2, 0.25) is 0 Å². The summed E-state index contributed by atoms with van der Waals surface area (Å²) in [6.07, 6.45) is 0. The number of nitrogens with two attached hydrogens (primary N) is 1. The van der Waals surface area contributed by atoms with Gasteiger partial charge in [0.05, 0.1) is 0 Å². The van der Waals surface area contributed by atoms with Crippen LogP contribution >= 0.6 is 23.5 Å². The molecule has 1 aliphatic rings. The van der Waals surface area contributed by atoms with E-state index in [0.717, 1.165) is 11.7 Å². The molecule has 0 saturated heterocycles. The van der Waals surface area contributed by atoms with Gasteiger partial charge < -0.3 is 5.73 Å². The molecular formula is C12H17NS2. The highest BCUT2D eigenvalue weighted by atomic mass is 32.2. The average Bonchev–Trinajstić information content (AvgIpc) is 2.62. The van der Waals surface area contributed by atoms with E-state index in [-0.39, 0.29) is 0 Å². The fourth-order valence-corrected chi connectivity index (χ4v) is 4.26. The normalized spacial score (nSPS) is 21.3. The predicted octanol–water partition coefficient (Wildman–Crippen LogP) is 2.96. The fourth-order valence-electron chi connectivity index (χ4n) is 1.76. The Kier molecular flexibility index (Phi) is 4.00. The Labute approximate surface area is 100 Å². The van der Waals surface area contributed by atoms with Gasteiger partial charge in [0.25, 0.3) is 0 Å². The minimum absolute atomic E-state index is 0.319. The summed E-state index contributed by atoms with van der Waals surface area (Å²) in [6.45, 7) is 2.07. The van der Waals surface area contributed by atoms with E-state index >= 15 is 0 Å². The maximum Gasteiger partial charge on any atom is 0.0108 e. The third-order valence-corrected chi connectivity index (χ3v) is 5.15. The lowest BCUT2D eigenvalue weighted by Gasteiger charge is -2.11. The van der Waals surface area contributed by atoms with Gasteiger partial charge in [-0.25, -0.2) is 0 Å². The third kappa shape index (κ3) is 2.92. The van der Waals surface area contributed by atoms with E-state index in [1.165, 1.54) is 16.4 Å². The van der Waals surface area contributed by atoms with Gasteiger partial charge in [0.1, 0.15) is 0 Å². The van der Waals surface area contributed by atoms with Crippen molar-refractivity contribution in [1.29, 1.82) is 0 Å². The van der Waals surface area contributed by atoms with Gasteiger partial charge in [0.15, 0.2) is 0 Å². The highest BCUT2D eigenvalue weighted by Crippen LogP contribution is 2.40. The van der Waals surface area contributed by atoms with E-state index in [9.17, 15) is 0 Å². The van der Waals surface area contributed by atoms with Crippen molar-refractivity contribution in [3.05, 3.63) is 29.8 Å². The number of rotatable bonds is 4. The summed E-state index contributed by atoms with van der Waals surface area (Å²) in [6, 6.07) is 9.10. The zero-order chi connectivity index (χ0) is 10.7. The minimum Gasteiger partial charge on any atom is -0.327 e. The summed E-state index contributed by atoms with van der Waals surface area (Å²) in [5.74, 6) is 4.26. The number of fused-ring (bicyclic) bond motifs is 1. The van der Waals surface area contributed by atoms with Crippen LogP contribution in [0.1, 0.15) is 18.4 Å². The Morgan fingerprint density at radius 2 is 2.33 bits per heavy atom. The SMILES string of the molecule is CC(N)CSCC1CSc2ccccc21. The molecule has 0 aromatic heterocycles. The van der Waals surface area contributed by atoms with Crippen LogP contribution in [0, 0.1) is 0 Å². The van der Waals surface area contributed by atoms with Crippen LogP contribution in [-0.2, 0) is 0 Å². The van der Waals surface area contributed by atoms with E-state index in [4.69, 9.17) is 5.73 Å². The van der Waals surface area contributed by atoms with Gasteiger partial charge in [0.2, 0.25) is 0 Å². The molecule has 1 heterocycles. The summed E-state index contributed by atoms with van der Waals surface area (Å²) in [4.78, 5) is 1.48. The summed E-state index contributed by atoms with van der Waals surface area (Å²) in [7, 11) is 0. The second kappa shape index (κ2) is 5.28. The van der Waals surface area contributed by atoms with Gasteiger partial charge >= 0.3 is 0 Å². The number of benzene rings is 1. The first-order chi connectivity index (χ1) is 7.27. The van der Waals surface area contributed by atoms with Crippen molar-refractivity contribution in [2.24, 2.45) is 5.73 Å². The maximum atomic E-state index is 5.75. The van der Waals surface area contributed by atoms with Gasteiger partial charge in [-0.1, -0.05) is 18.2 Å². The Morgan fingerprint density at radius 3 is 3.13 bits per heavy atom. The molecule has 82 valence electrons. The van der Waals surface area contributed by atoms with E-state index in [1.54, 1.807) is 5.56 Å². The molecule has 0 amide bonds. The van der Waals surface area contributed by atoms with Gasteiger partial charge in [-0.2, -0.15) is 11.8 Å². The quantitative estimate of drug-likeness (QED) is 0.875. The van der Waals surface area contributed by atoms with Gasteiger partial charge in [-0.3, -0.25) is 0 Å². The molecule has 0 radical (unpaired) electrons. The second-order valence-corrected chi connectivity index (χ2v) is 6.20. The van der Waals surface area contributed by atoms with Crippen LogP contribution < -0.4 is 5.73 Å². The second-order valence-electron chi connectivity index (χ2n) is 4.06. The average molecular weight is 239 g/mol. The summed E-state index contributed by atoms with van der Waals surface area (Å²) in [5.41, 5.74) is 7.29. The molecule has 2 unspecified atom stereocenters. The standard InChI is InChI=1S/C12H17NS2/c1-9(13)6-14-7-10-8-15-12-5-3-2-4-11(10)12/h2-5,9-10H,6-8,13H2,1H3. The van der Waals surface area contributed by atoms with Crippen LogP contribution in [0.3, 0.4) is 0 Å². The largest absolute Gasteiger partial charge is 0.327 e. The molecule has 0 fully saturated rings. The molecule has 0 bridgehead atoms. The van der Waals surface area contributed by atoms with Crippen LogP contribution in [0.4, 0.5) is 0 Å². The van der Waals surface area contributed by atoms with Gasteiger partial charge in [-0.05, 0) is 18.6 Å². The maximum absolute atomic E-state index is 5.75. The summed E-state index contributed by atoms with van der Waals surface area (Å²) in [5, 5.41) is 0. The van der Waals surface area contributed by atoms with Crippen molar-refractivity contribution < 1.29 is 0 Å². The van der Waals surface area contributed by atoms with Crippen LogP contribution in [0.25, 0.3) is 0 Å². The Balaban J connectivity index is 1.90. The first-order valence-corrected chi connectivity index (χ1v) is 7.46. The van der Waals surface area contributed by atoms with E-state index in [0.29, 0.717) is 6.04 Å². The van der Waals surface area contributed by atoms with E-state index in [2.05, 4.69) is 31.2 Å². The molecule has 3 heteroatoms. The number of hydrogen-bond acceptors (Lipinski definition) is 3. The Morgan fingerprint density at radius 1 is 1.53 bits per heavy atom. The Bertz CT molecular complexity index is 325. The minimum atomic E-state index is 0.319. The molecule has 1 aromatic rings. The van der Waals surface area contributed by atoms with E-state index in [1.807, 2.05) is 23.5 Å². The molecule has 1 aliphatic heterocycles. The lowest BCUT2D eigenvalue weighted by molar-refractivity contribution is 0.840. The molecule has 2 rings (SSSR count). The zero-order valence-electron chi connectivity index (χ0n) is 8.98. The van der Waals surface area contributed by atoms with Crippen molar-refractivity contribution in [2.45, 2.75) is 23.8 Å². The van der Waals surface area contributed by atoms with Crippen LogP contribution in [0.5, 0.6) is 0 Å². The third-order valence-electron chi connectivity index (χ3n) is 2.50. The molecule has 0 aliphatic carbocycles. The van der Waals surface area contributed by atoms with Crippen molar-refractivity contribution >= 4 is 23.5 Å². The first kappa shape index (κ1) is 11.4. The van der Waals surface area contributed by atoms with Crippen LogP contribution in [0.15, 0.2) is 29.2 Å². The van der Waals surface area contributed by atoms with E-state index < -0.39 is 0 Å². The van der Waals surface area contributed by atoms with Crippen molar-refractivity contribution in [3.8, 4) is 0 Å². The van der Waals surface area contributed by atoms with Crippen LogP contribution in [-0.4, -0.2) is 23.3 Å². The highest BCUT2D eigenvalue weighted by Gasteiger charge is 2.22. The molecule has 1 aromatic carbocycles. The van der Waals surface area contributed by atoms with Gasteiger partial charge in [0, 0.05) is 34.1 Å². The fraction of sp³-hybridized carbons (Fsp3) is 0.500. The molecular weight excluding hydrogens is 222 g/mol. The molecule has 0 saturated carbocycles. The molecule has 2 atom stereocenters. The molecule has 1 nitrogen and oxygen atoms in total. The first-order valence-electron chi connectivity index (χ1n) is 5.32. The van der Waals surface area contributed by atoms with Crippen molar-refractivity contribution in [2.75, 3.05) is 17.3 Å². The number of hydrogen-bond donors (Lipinski definition) is 1. The van der Waals surface area contributed by atoms with Crippen molar-refractivity contribution in [1.82, 2.24) is 0 Å². The smallest absolute Gasteiger partial charge is 0.0108 e.